The number of aromatic amines is 1. The Morgan fingerprint density at radius 3 is 2.81 bits per heavy atom. The van der Waals surface area contributed by atoms with E-state index in [1.165, 1.54) is 6.07 Å². The van der Waals surface area contributed by atoms with Crippen LogP contribution in [0.5, 0.6) is 0 Å². The topological polar surface area (TPSA) is 73.4 Å². The molecule has 168 valence electrons. The van der Waals surface area contributed by atoms with Crippen LogP contribution < -0.4 is 0 Å². The van der Waals surface area contributed by atoms with Gasteiger partial charge in [0.25, 0.3) is 0 Å². The average molecular weight is 455 g/mol. The number of carboxylic acid groups (broad SMARTS) is 1. The van der Waals surface area contributed by atoms with Crippen molar-refractivity contribution in [1.29, 1.82) is 0 Å². The van der Waals surface area contributed by atoms with Gasteiger partial charge < -0.3 is 15.0 Å². The molecule has 2 fully saturated rings. The summed E-state index contributed by atoms with van der Waals surface area (Å²) >= 11 is 1.13. The van der Waals surface area contributed by atoms with E-state index in [2.05, 4.69) is 4.98 Å². The molecule has 1 aliphatic heterocycles. The van der Waals surface area contributed by atoms with Crippen molar-refractivity contribution in [2.45, 2.75) is 51.0 Å². The van der Waals surface area contributed by atoms with Crippen molar-refractivity contribution in [3.05, 3.63) is 47.2 Å². The molecule has 0 radical (unpaired) electrons. The lowest BCUT2D eigenvalue weighted by molar-refractivity contribution is -0.151. The van der Waals surface area contributed by atoms with E-state index in [1.807, 2.05) is 29.3 Å². The number of hydrogen-bond acceptors (Lipinski definition) is 3. The van der Waals surface area contributed by atoms with Crippen LogP contribution in [0, 0.1) is 17.0 Å². The van der Waals surface area contributed by atoms with Gasteiger partial charge >= 0.3 is 5.97 Å². The SMILES string of the molecule is O=C(O)C1CCCC2C1CCCN2C(=O)CCc1c[nH]c2cccc(-c3ccc(F)s3)c12. The fourth-order valence-corrected chi connectivity index (χ4v) is 6.57. The van der Waals surface area contributed by atoms with Gasteiger partial charge in [0.1, 0.15) is 0 Å². The van der Waals surface area contributed by atoms with Crippen LogP contribution >= 0.6 is 11.3 Å². The zero-order valence-corrected chi connectivity index (χ0v) is 18.7. The van der Waals surface area contributed by atoms with Crippen LogP contribution in [-0.2, 0) is 16.0 Å². The Labute approximate surface area is 190 Å². The number of H-pyrrole nitrogens is 1. The van der Waals surface area contributed by atoms with Crippen molar-refractivity contribution in [2.24, 2.45) is 11.8 Å². The van der Waals surface area contributed by atoms with Gasteiger partial charge in [-0.15, -0.1) is 11.3 Å². The van der Waals surface area contributed by atoms with Crippen molar-refractivity contribution in [2.75, 3.05) is 6.54 Å². The molecule has 1 saturated carbocycles. The van der Waals surface area contributed by atoms with Crippen molar-refractivity contribution < 1.29 is 19.1 Å². The standard InChI is InChI=1S/C25H27FN2O3S/c26-22-11-10-21(32-22)18-5-1-7-19-24(18)15(14-27-19)9-12-23(29)28-13-3-6-16-17(25(30)31)4-2-8-20(16)28/h1,5,7,10-11,14,16-17,20,27H,2-4,6,8-9,12-13H2,(H,30,31). The van der Waals surface area contributed by atoms with Crippen LogP contribution in [0.4, 0.5) is 4.39 Å². The Kier molecular flexibility index (Phi) is 5.76. The minimum atomic E-state index is -0.717. The number of aryl methyl sites for hydroxylation is 1. The second-order valence-corrected chi connectivity index (χ2v) is 10.0. The number of rotatable bonds is 5. The van der Waals surface area contributed by atoms with Crippen LogP contribution in [0.2, 0.25) is 0 Å². The van der Waals surface area contributed by atoms with E-state index >= 15 is 0 Å². The molecule has 3 aromatic rings. The fraction of sp³-hybridized carbons (Fsp3) is 0.440. The number of nitrogens with zero attached hydrogens (tertiary/aromatic N) is 1. The number of piperidine rings is 1. The number of aliphatic carboxylic acids is 1. The number of carbonyl (C=O) groups is 2. The minimum Gasteiger partial charge on any atom is -0.481 e. The Hall–Kier alpha value is -2.67. The maximum Gasteiger partial charge on any atom is 0.306 e. The molecule has 1 aliphatic carbocycles. The smallest absolute Gasteiger partial charge is 0.306 e. The summed E-state index contributed by atoms with van der Waals surface area (Å²) in [5, 5.41) is 10.5. The summed E-state index contributed by atoms with van der Waals surface area (Å²) in [6.07, 6.45) is 7.20. The lowest BCUT2D eigenvalue weighted by Gasteiger charge is -2.46. The van der Waals surface area contributed by atoms with Crippen LogP contribution in [-0.4, -0.2) is 39.5 Å². The van der Waals surface area contributed by atoms with E-state index in [4.69, 9.17) is 0 Å². The molecule has 1 saturated heterocycles. The highest BCUT2D eigenvalue weighted by Gasteiger charge is 2.43. The highest BCUT2D eigenvalue weighted by Crippen LogP contribution is 2.40. The summed E-state index contributed by atoms with van der Waals surface area (Å²) in [4.78, 5) is 31.1. The number of thiophene rings is 1. The average Bonchev–Trinajstić information content (AvgIpc) is 3.42. The Balaban J connectivity index is 1.35. The molecule has 3 unspecified atom stereocenters. The molecule has 0 bridgehead atoms. The summed E-state index contributed by atoms with van der Waals surface area (Å²) in [5.41, 5.74) is 3.02. The molecule has 1 amide bonds. The van der Waals surface area contributed by atoms with Gasteiger partial charge in [0.15, 0.2) is 5.13 Å². The third-order valence-electron chi connectivity index (χ3n) is 7.23. The van der Waals surface area contributed by atoms with Gasteiger partial charge in [-0.2, -0.15) is 4.39 Å². The second-order valence-electron chi connectivity index (χ2n) is 8.98. The first-order valence-corrected chi connectivity index (χ1v) is 12.2. The number of halogens is 1. The molecule has 1 aromatic carbocycles. The summed E-state index contributed by atoms with van der Waals surface area (Å²) in [5.74, 6) is -0.857. The van der Waals surface area contributed by atoms with E-state index < -0.39 is 5.97 Å². The van der Waals surface area contributed by atoms with Gasteiger partial charge in [-0.25, -0.2) is 0 Å². The van der Waals surface area contributed by atoms with Crippen molar-refractivity contribution >= 4 is 34.1 Å². The van der Waals surface area contributed by atoms with E-state index in [9.17, 15) is 19.1 Å². The van der Waals surface area contributed by atoms with Gasteiger partial charge in [0.05, 0.1) is 5.92 Å². The molecule has 5 nitrogen and oxygen atoms in total. The quantitative estimate of drug-likeness (QED) is 0.538. The predicted octanol–water partition coefficient (Wildman–Crippen LogP) is 5.46. The molecule has 3 atom stereocenters. The van der Waals surface area contributed by atoms with Gasteiger partial charge in [-0.05, 0) is 61.8 Å². The molecule has 0 spiro atoms. The van der Waals surface area contributed by atoms with Crippen LogP contribution in [0.1, 0.15) is 44.1 Å². The van der Waals surface area contributed by atoms with Crippen LogP contribution in [0.3, 0.4) is 0 Å². The van der Waals surface area contributed by atoms with Gasteiger partial charge in [-0.3, -0.25) is 9.59 Å². The number of aromatic nitrogens is 1. The molecule has 2 aliphatic rings. The maximum absolute atomic E-state index is 13.6. The van der Waals surface area contributed by atoms with Crippen molar-refractivity contribution in [3.8, 4) is 10.4 Å². The summed E-state index contributed by atoms with van der Waals surface area (Å²) in [6, 6.07) is 9.28. The highest BCUT2D eigenvalue weighted by atomic mass is 32.1. The van der Waals surface area contributed by atoms with Crippen molar-refractivity contribution in [3.63, 3.8) is 0 Å². The summed E-state index contributed by atoms with van der Waals surface area (Å²) in [7, 11) is 0. The molecule has 7 heteroatoms. The summed E-state index contributed by atoms with van der Waals surface area (Å²) in [6.45, 7) is 0.722. The largest absolute Gasteiger partial charge is 0.481 e. The lowest BCUT2D eigenvalue weighted by Crippen LogP contribution is -2.53. The van der Waals surface area contributed by atoms with Crippen molar-refractivity contribution in [1.82, 2.24) is 9.88 Å². The third-order valence-corrected chi connectivity index (χ3v) is 8.14. The third kappa shape index (κ3) is 3.83. The van der Waals surface area contributed by atoms with E-state index in [-0.39, 0.29) is 28.9 Å². The first kappa shape index (κ1) is 21.2. The van der Waals surface area contributed by atoms with E-state index in [0.717, 1.165) is 76.9 Å². The molecule has 3 heterocycles. The molecule has 32 heavy (non-hydrogen) atoms. The molecule has 2 aromatic heterocycles. The number of likely N-dealkylation sites (tertiary alicyclic amines) is 1. The zero-order valence-electron chi connectivity index (χ0n) is 17.9. The monoisotopic (exact) mass is 454 g/mol. The van der Waals surface area contributed by atoms with E-state index in [0.29, 0.717) is 12.8 Å². The maximum atomic E-state index is 13.6. The van der Waals surface area contributed by atoms with Gasteiger partial charge in [-0.1, -0.05) is 18.6 Å². The zero-order chi connectivity index (χ0) is 22.2. The predicted molar refractivity (Wildman–Crippen MR) is 123 cm³/mol. The molecular formula is C25H27FN2O3S. The Morgan fingerprint density at radius 1 is 1.16 bits per heavy atom. The summed E-state index contributed by atoms with van der Waals surface area (Å²) < 4.78 is 13.6. The number of carbonyl (C=O) groups excluding carboxylic acids is 1. The van der Waals surface area contributed by atoms with Crippen LogP contribution in [0.15, 0.2) is 36.5 Å². The van der Waals surface area contributed by atoms with E-state index in [1.54, 1.807) is 6.07 Å². The van der Waals surface area contributed by atoms with Crippen LogP contribution in [0.25, 0.3) is 21.3 Å². The molecule has 2 N–H and O–H groups in total. The minimum absolute atomic E-state index is 0.0544. The highest BCUT2D eigenvalue weighted by molar-refractivity contribution is 7.14. The Morgan fingerprint density at radius 2 is 2.03 bits per heavy atom. The first-order chi connectivity index (χ1) is 15.5. The molecule has 5 rings (SSSR count). The second kappa shape index (κ2) is 8.70. The lowest BCUT2D eigenvalue weighted by atomic mass is 9.71. The normalized spacial score (nSPS) is 23.3. The number of nitrogens with one attached hydrogen (secondary N) is 1. The number of hydrogen-bond donors (Lipinski definition) is 2. The number of fused-ring (bicyclic) bond motifs is 2. The fourth-order valence-electron chi connectivity index (χ4n) is 5.81. The number of benzene rings is 1. The van der Waals surface area contributed by atoms with Gasteiger partial charge in [0, 0.05) is 46.5 Å². The Bertz CT molecular complexity index is 1150. The number of amides is 1. The first-order valence-electron chi connectivity index (χ1n) is 11.4. The number of carboxylic acids is 1. The van der Waals surface area contributed by atoms with Gasteiger partial charge in [0.2, 0.25) is 5.91 Å². The molecular weight excluding hydrogens is 427 g/mol.